The van der Waals surface area contributed by atoms with Crippen LogP contribution in [-0.4, -0.2) is 29.1 Å². The average molecular weight is 389 g/mol. The summed E-state index contributed by atoms with van der Waals surface area (Å²) < 4.78 is 0. The van der Waals surface area contributed by atoms with Crippen molar-refractivity contribution in [2.45, 2.75) is 57.3 Å². The molecule has 2 aliphatic rings. The third-order valence-corrected chi connectivity index (χ3v) is 6.44. The number of carbonyl (C=O) groups excluding carboxylic acids is 1. The highest BCUT2D eigenvalue weighted by molar-refractivity contribution is 5.93. The van der Waals surface area contributed by atoms with E-state index < -0.39 is 0 Å². The predicted molar refractivity (Wildman–Crippen MR) is 113 cm³/mol. The van der Waals surface area contributed by atoms with Crippen molar-refractivity contribution < 1.29 is 4.79 Å². The van der Waals surface area contributed by atoms with Gasteiger partial charge in [-0.2, -0.15) is 5.26 Å². The molecule has 0 radical (unpaired) electrons. The van der Waals surface area contributed by atoms with E-state index in [1.54, 1.807) is 6.07 Å². The van der Waals surface area contributed by atoms with Gasteiger partial charge < -0.3 is 4.90 Å². The van der Waals surface area contributed by atoms with E-state index in [2.05, 4.69) is 60.1 Å². The van der Waals surface area contributed by atoms with Crippen LogP contribution in [0.5, 0.6) is 0 Å². The monoisotopic (exact) mass is 388 g/mol. The zero-order chi connectivity index (χ0) is 20.6. The van der Waals surface area contributed by atoms with Gasteiger partial charge in [-0.15, -0.1) is 10.2 Å². The van der Waals surface area contributed by atoms with Crippen molar-refractivity contribution in [3.8, 4) is 6.07 Å². The zero-order valence-corrected chi connectivity index (χ0v) is 17.5. The second-order valence-corrected chi connectivity index (χ2v) is 9.53. The van der Waals surface area contributed by atoms with Crippen molar-refractivity contribution in [2.24, 2.45) is 5.92 Å². The number of hydrogen-bond donors (Lipinski definition) is 0. The molecule has 150 valence electrons. The fraction of sp³-hybridized carbons (Fsp3) is 0.500. The Morgan fingerprint density at radius 1 is 1.17 bits per heavy atom. The van der Waals surface area contributed by atoms with Crippen LogP contribution in [0.3, 0.4) is 0 Å². The SMILES string of the molecule is CC(C)(C)c1ccc(C2(C(=O)CC3CCN(c4ccc(C#N)nn4)C3)CC2)cc1. The van der Waals surface area contributed by atoms with E-state index in [1.165, 1.54) is 11.1 Å². The van der Waals surface area contributed by atoms with Crippen molar-refractivity contribution in [1.82, 2.24) is 10.2 Å². The van der Waals surface area contributed by atoms with Crippen molar-refractivity contribution in [2.75, 3.05) is 18.0 Å². The maximum absolute atomic E-state index is 13.2. The Balaban J connectivity index is 1.40. The van der Waals surface area contributed by atoms with Crippen LogP contribution in [0.15, 0.2) is 36.4 Å². The first kappa shape index (κ1) is 19.6. The molecule has 0 amide bonds. The standard InChI is InChI=1S/C24H28N4O/c1-23(2,3)18-4-6-19(7-5-18)24(11-12-24)21(29)14-17-10-13-28(16-17)22-9-8-20(15-25)26-27-22/h4-9,17H,10-14,16H2,1-3H3. The Hall–Kier alpha value is -2.74. The fourth-order valence-corrected chi connectivity index (χ4v) is 4.36. The highest BCUT2D eigenvalue weighted by Gasteiger charge is 2.51. The van der Waals surface area contributed by atoms with Gasteiger partial charge >= 0.3 is 0 Å². The van der Waals surface area contributed by atoms with E-state index in [-0.39, 0.29) is 10.8 Å². The predicted octanol–water partition coefficient (Wildman–Crippen LogP) is 4.16. The summed E-state index contributed by atoms with van der Waals surface area (Å²) in [5.74, 6) is 1.53. The summed E-state index contributed by atoms with van der Waals surface area (Å²) in [6, 6.07) is 14.2. The van der Waals surface area contributed by atoms with Gasteiger partial charge in [0.05, 0.1) is 5.41 Å². The number of rotatable bonds is 5. The normalized spacial score (nSPS) is 20.3. The number of benzene rings is 1. The minimum absolute atomic E-state index is 0.126. The maximum Gasteiger partial charge on any atom is 0.163 e. The van der Waals surface area contributed by atoms with Crippen LogP contribution in [0.25, 0.3) is 0 Å². The molecule has 2 fully saturated rings. The van der Waals surface area contributed by atoms with E-state index in [1.807, 2.05) is 12.1 Å². The first-order valence-electron chi connectivity index (χ1n) is 10.4. The van der Waals surface area contributed by atoms with Crippen LogP contribution < -0.4 is 4.90 Å². The largest absolute Gasteiger partial charge is 0.355 e. The molecule has 1 saturated carbocycles. The van der Waals surface area contributed by atoms with E-state index >= 15 is 0 Å². The van der Waals surface area contributed by atoms with Crippen LogP contribution in [0.1, 0.15) is 63.3 Å². The average Bonchev–Trinajstić information content (AvgIpc) is 3.41. The quantitative estimate of drug-likeness (QED) is 0.769. The lowest BCUT2D eigenvalue weighted by molar-refractivity contribution is -0.122. The molecule has 1 unspecified atom stereocenters. The van der Waals surface area contributed by atoms with Gasteiger partial charge in [0.2, 0.25) is 0 Å². The maximum atomic E-state index is 13.2. The van der Waals surface area contributed by atoms with Crippen LogP contribution >= 0.6 is 0 Å². The van der Waals surface area contributed by atoms with Gasteiger partial charge in [-0.05, 0) is 53.9 Å². The molecular weight excluding hydrogens is 360 g/mol. The number of ketones is 1. The Morgan fingerprint density at radius 2 is 1.90 bits per heavy atom. The molecule has 0 spiro atoms. The van der Waals surface area contributed by atoms with Gasteiger partial charge in [-0.25, -0.2) is 0 Å². The highest BCUT2D eigenvalue weighted by atomic mass is 16.1. The minimum Gasteiger partial charge on any atom is -0.355 e. The van der Waals surface area contributed by atoms with Gasteiger partial charge in [0, 0.05) is 19.5 Å². The number of Topliss-reactive ketones (excluding diaryl/α,β-unsaturated/α-hetero) is 1. The Labute approximate surface area is 172 Å². The third-order valence-electron chi connectivity index (χ3n) is 6.44. The molecule has 1 aromatic carbocycles. The first-order chi connectivity index (χ1) is 13.8. The lowest BCUT2D eigenvalue weighted by Crippen LogP contribution is -2.26. The van der Waals surface area contributed by atoms with E-state index in [9.17, 15) is 4.79 Å². The van der Waals surface area contributed by atoms with E-state index in [0.717, 1.165) is 38.2 Å². The summed E-state index contributed by atoms with van der Waals surface area (Å²) in [4.78, 5) is 15.4. The third kappa shape index (κ3) is 3.89. The second-order valence-electron chi connectivity index (χ2n) is 9.53. The van der Waals surface area contributed by atoms with E-state index in [0.29, 0.717) is 23.8 Å². The molecule has 0 N–H and O–H groups in total. The van der Waals surface area contributed by atoms with Crippen LogP contribution in [0.2, 0.25) is 0 Å². The van der Waals surface area contributed by atoms with Crippen molar-refractivity contribution in [3.63, 3.8) is 0 Å². The van der Waals surface area contributed by atoms with Crippen LogP contribution in [0, 0.1) is 17.2 Å². The molecule has 1 aromatic heterocycles. The molecule has 1 atom stereocenters. The summed E-state index contributed by atoms with van der Waals surface area (Å²) in [6.07, 6.45) is 3.56. The Kier molecular flexibility index (Phi) is 4.90. The molecule has 1 saturated heterocycles. The molecule has 4 rings (SSSR count). The number of aromatic nitrogens is 2. The van der Waals surface area contributed by atoms with Gasteiger partial charge in [-0.3, -0.25) is 4.79 Å². The molecule has 5 heteroatoms. The lowest BCUT2D eigenvalue weighted by Gasteiger charge is -2.22. The molecule has 2 heterocycles. The topological polar surface area (TPSA) is 69.9 Å². The molecule has 1 aliphatic heterocycles. The first-order valence-corrected chi connectivity index (χ1v) is 10.4. The number of carbonyl (C=O) groups is 1. The summed E-state index contributed by atoms with van der Waals surface area (Å²) in [5.41, 5.74) is 2.69. The van der Waals surface area contributed by atoms with Gasteiger partial charge in [0.15, 0.2) is 11.5 Å². The molecule has 29 heavy (non-hydrogen) atoms. The summed E-state index contributed by atoms with van der Waals surface area (Å²) >= 11 is 0. The molecule has 1 aliphatic carbocycles. The van der Waals surface area contributed by atoms with Crippen molar-refractivity contribution >= 4 is 11.6 Å². The Bertz CT molecular complexity index is 931. The van der Waals surface area contributed by atoms with Crippen molar-refractivity contribution in [1.29, 1.82) is 5.26 Å². The number of anilines is 1. The number of hydrogen-bond acceptors (Lipinski definition) is 5. The number of nitrogens with zero attached hydrogens (tertiary/aromatic N) is 4. The van der Waals surface area contributed by atoms with Gasteiger partial charge in [0.25, 0.3) is 0 Å². The van der Waals surface area contributed by atoms with Crippen LogP contribution in [0.4, 0.5) is 5.82 Å². The van der Waals surface area contributed by atoms with Gasteiger partial charge in [0.1, 0.15) is 11.9 Å². The molecule has 2 aromatic rings. The smallest absolute Gasteiger partial charge is 0.163 e. The Morgan fingerprint density at radius 3 is 2.45 bits per heavy atom. The second kappa shape index (κ2) is 7.26. The molecule has 5 nitrogen and oxygen atoms in total. The lowest BCUT2D eigenvalue weighted by atomic mass is 9.82. The zero-order valence-electron chi connectivity index (χ0n) is 17.5. The summed E-state index contributed by atoms with van der Waals surface area (Å²) in [5, 5.41) is 16.9. The molecular formula is C24H28N4O. The summed E-state index contributed by atoms with van der Waals surface area (Å²) in [6.45, 7) is 8.34. The van der Waals surface area contributed by atoms with Crippen LogP contribution in [-0.2, 0) is 15.6 Å². The van der Waals surface area contributed by atoms with Crippen molar-refractivity contribution in [3.05, 3.63) is 53.2 Å². The summed E-state index contributed by atoms with van der Waals surface area (Å²) in [7, 11) is 0. The number of nitriles is 1. The minimum atomic E-state index is -0.252. The highest BCUT2D eigenvalue weighted by Crippen LogP contribution is 2.50. The molecule has 0 bridgehead atoms. The van der Waals surface area contributed by atoms with E-state index in [4.69, 9.17) is 5.26 Å². The van der Waals surface area contributed by atoms with Gasteiger partial charge in [-0.1, -0.05) is 45.0 Å². The fourth-order valence-electron chi connectivity index (χ4n) is 4.36.